The first-order valence-electron chi connectivity index (χ1n) is 7.48. The average molecular weight is 267 g/mol. The van der Waals surface area contributed by atoms with Gasteiger partial charge in [0, 0.05) is 12.6 Å². The predicted molar refractivity (Wildman–Crippen MR) is 87.0 cm³/mol. The van der Waals surface area contributed by atoms with Gasteiger partial charge in [-0.25, -0.2) is 0 Å². The molecule has 2 rings (SSSR count). The fourth-order valence-electron chi connectivity index (χ4n) is 2.59. The minimum absolute atomic E-state index is 0.376. The van der Waals surface area contributed by atoms with Gasteiger partial charge in [0.25, 0.3) is 0 Å². The van der Waals surface area contributed by atoms with E-state index in [4.69, 9.17) is 0 Å². The summed E-state index contributed by atoms with van der Waals surface area (Å²) in [4.78, 5) is 0. The van der Waals surface area contributed by atoms with Gasteiger partial charge in [0.05, 0.1) is 0 Å². The van der Waals surface area contributed by atoms with Crippen LogP contribution in [-0.4, -0.2) is 0 Å². The van der Waals surface area contributed by atoms with Crippen LogP contribution in [0.25, 0.3) is 0 Å². The summed E-state index contributed by atoms with van der Waals surface area (Å²) < 4.78 is 0. The highest BCUT2D eigenvalue weighted by Gasteiger charge is 2.07. The Morgan fingerprint density at radius 1 is 0.950 bits per heavy atom. The molecule has 0 amide bonds. The zero-order chi connectivity index (χ0) is 14.5. The molecule has 0 spiro atoms. The molecule has 2 aromatic carbocycles. The number of benzene rings is 2. The molecule has 1 atom stereocenters. The largest absolute Gasteiger partial charge is 0.306 e. The Kier molecular flexibility index (Phi) is 4.97. The van der Waals surface area contributed by atoms with Crippen LogP contribution in [0.4, 0.5) is 0 Å². The molecule has 1 heteroatoms. The predicted octanol–water partition coefficient (Wildman–Crippen LogP) is 4.72. The highest BCUT2D eigenvalue weighted by Crippen LogP contribution is 2.19. The van der Waals surface area contributed by atoms with Crippen molar-refractivity contribution >= 4 is 0 Å². The van der Waals surface area contributed by atoms with E-state index in [9.17, 15) is 0 Å². The first-order valence-corrected chi connectivity index (χ1v) is 7.48. The molecular formula is C19H25N. The molecule has 0 aromatic heterocycles. The fraction of sp³-hybridized carbons (Fsp3) is 0.368. The van der Waals surface area contributed by atoms with E-state index in [0.29, 0.717) is 6.04 Å². The van der Waals surface area contributed by atoms with Crippen molar-refractivity contribution in [1.29, 1.82) is 0 Å². The van der Waals surface area contributed by atoms with E-state index in [2.05, 4.69) is 75.5 Å². The van der Waals surface area contributed by atoms with E-state index in [1.54, 1.807) is 0 Å². The molecule has 0 saturated carbocycles. The Morgan fingerprint density at radius 3 is 2.20 bits per heavy atom. The van der Waals surface area contributed by atoms with Crippen LogP contribution in [0.3, 0.4) is 0 Å². The summed E-state index contributed by atoms with van der Waals surface area (Å²) in [5, 5.41) is 3.61. The minimum atomic E-state index is 0.376. The Balaban J connectivity index is 1.98. The summed E-state index contributed by atoms with van der Waals surface area (Å²) in [7, 11) is 0. The van der Waals surface area contributed by atoms with Crippen molar-refractivity contribution in [1.82, 2.24) is 5.32 Å². The Morgan fingerprint density at radius 2 is 1.60 bits per heavy atom. The summed E-state index contributed by atoms with van der Waals surface area (Å²) in [6.45, 7) is 9.67. The van der Waals surface area contributed by atoms with E-state index in [1.165, 1.54) is 27.8 Å². The van der Waals surface area contributed by atoms with E-state index in [0.717, 1.165) is 13.0 Å². The lowest BCUT2D eigenvalue weighted by atomic mass is 10.00. The number of aryl methyl sites for hydroxylation is 3. The lowest BCUT2D eigenvalue weighted by Crippen LogP contribution is -2.19. The summed E-state index contributed by atoms with van der Waals surface area (Å²) in [5.41, 5.74) is 6.83. The van der Waals surface area contributed by atoms with Crippen LogP contribution < -0.4 is 5.32 Å². The topological polar surface area (TPSA) is 12.0 Å². The first kappa shape index (κ1) is 14.8. The monoisotopic (exact) mass is 267 g/mol. The van der Waals surface area contributed by atoms with Crippen molar-refractivity contribution in [3.63, 3.8) is 0 Å². The summed E-state index contributed by atoms with van der Waals surface area (Å²) in [6, 6.07) is 15.9. The third-order valence-corrected chi connectivity index (χ3v) is 3.94. The smallest absolute Gasteiger partial charge is 0.0297 e. The van der Waals surface area contributed by atoms with Crippen LogP contribution in [0.5, 0.6) is 0 Å². The van der Waals surface area contributed by atoms with Crippen molar-refractivity contribution in [2.24, 2.45) is 0 Å². The van der Waals surface area contributed by atoms with E-state index in [-0.39, 0.29) is 0 Å². The Hall–Kier alpha value is -1.60. The maximum Gasteiger partial charge on any atom is 0.0297 e. The third-order valence-electron chi connectivity index (χ3n) is 3.94. The maximum atomic E-state index is 3.61. The average Bonchev–Trinajstić information content (AvgIpc) is 2.45. The highest BCUT2D eigenvalue weighted by molar-refractivity contribution is 5.32. The molecule has 0 saturated heterocycles. The second-order valence-corrected chi connectivity index (χ2v) is 5.63. The maximum absolute atomic E-state index is 3.61. The van der Waals surface area contributed by atoms with Crippen LogP contribution in [-0.2, 0) is 13.0 Å². The molecule has 106 valence electrons. The lowest BCUT2D eigenvalue weighted by Gasteiger charge is -2.17. The van der Waals surface area contributed by atoms with Crippen molar-refractivity contribution in [3.8, 4) is 0 Å². The van der Waals surface area contributed by atoms with Gasteiger partial charge in [-0.3, -0.25) is 0 Å². The molecule has 0 aliphatic heterocycles. The SMILES string of the molecule is CCc1ccc(CNC(C)c2ccc(C)cc2C)cc1. The zero-order valence-corrected chi connectivity index (χ0v) is 13.0. The van der Waals surface area contributed by atoms with Gasteiger partial charge in [-0.2, -0.15) is 0 Å². The molecule has 0 fully saturated rings. The van der Waals surface area contributed by atoms with Gasteiger partial charge in [-0.1, -0.05) is 55.0 Å². The van der Waals surface area contributed by atoms with Gasteiger partial charge < -0.3 is 5.32 Å². The molecule has 1 nitrogen and oxygen atoms in total. The third kappa shape index (κ3) is 3.71. The lowest BCUT2D eigenvalue weighted by molar-refractivity contribution is 0.572. The van der Waals surface area contributed by atoms with Gasteiger partial charge in [0.1, 0.15) is 0 Å². The van der Waals surface area contributed by atoms with Crippen molar-refractivity contribution < 1.29 is 0 Å². The summed E-state index contributed by atoms with van der Waals surface area (Å²) >= 11 is 0. The van der Waals surface area contributed by atoms with Crippen LogP contribution >= 0.6 is 0 Å². The number of hydrogen-bond acceptors (Lipinski definition) is 1. The zero-order valence-electron chi connectivity index (χ0n) is 13.0. The van der Waals surface area contributed by atoms with Crippen molar-refractivity contribution in [2.75, 3.05) is 0 Å². The van der Waals surface area contributed by atoms with Gasteiger partial charge >= 0.3 is 0 Å². The van der Waals surface area contributed by atoms with Crippen molar-refractivity contribution in [2.45, 2.75) is 46.7 Å². The fourth-order valence-corrected chi connectivity index (χ4v) is 2.59. The van der Waals surface area contributed by atoms with Crippen LogP contribution in [0, 0.1) is 13.8 Å². The van der Waals surface area contributed by atoms with Crippen LogP contribution in [0.15, 0.2) is 42.5 Å². The summed E-state index contributed by atoms with van der Waals surface area (Å²) in [5.74, 6) is 0. The molecule has 0 bridgehead atoms. The van der Waals surface area contributed by atoms with E-state index >= 15 is 0 Å². The molecule has 0 aliphatic carbocycles. The van der Waals surface area contributed by atoms with Gasteiger partial charge in [-0.05, 0) is 49.4 Å². The molecule has 1 N–H and O–H groups in total. The quantitative estimate of drug-likeness (QED) is 0.826. The molecule has 1 unspecified atom stereocenters. The standard InChI is InChI=1S/C19H25N/c1-5-17-7-9-18(10-8-17)13-20-16(4)19-11-6-14(2)12-15(19)3/h6-12,16,20H,5,13H2,1-4H3. The van der Waals surface area contributed by atoms with E-state index < -0.39 is 0 Å². The van der Waals surface area contributed by atoms with Crippen LogP contribution in [0.2, 0.25) is 0 Å². The minimum Gasteiger partial charge on any atom is -0.306 e. The Labute approximate surface area is 123 Å². The van der Waals surface area contributed by atoms with Gasteiger partial charge in [0.2, 0.25) is 0 Å². The number of nitrogens with one attached hydrogen (secondary N) is 1. The highest BCUT2D eigenvalue weighted by atomic mass is 14.9. The molecule has 0 radical (unpaired) electrons. The molecular weight excluding hydrogens is 242 g/mol. The number of rotatable bonds is 5. The van der Waals surface area contributed by atoms with E-state index in [1.807, 2.05) is 0 Å². The molecule has 0 aliphatic rings. The normalized spacial score (nSPS) is 12.4. The summed E-state index contributed by atoms with van der Waals surface area (Å²) in [6.07, 6.45) is 1.10. The second-order valence-electron chi connectivity index (χ2n) is 5.63. The van der Waals surface area contributed by atoms with Gasteiger partial charge in [0.15, 0.2) is 0 Å². The molecule has 2 aromatic rings. The van der Waals surface area contributed by atoms with Gasteiger partial charge in [-0.15, -0.1) is 0 Å². The molecule has 20 heavy (non-hydrogen) atoms. The second kappa shape index (κ2) is 6.71. The first-order chi connectivity index (χ1) is 9.60. The van der Waals surface area contributed by atoms with Crippen LogP contribution in [0.1, 0.15) is 47.7 Å². The van der Waals surface area contributed by atoms with Crippen molar-refractivity contribution in [3.05, 3.63) is 70.3 Å². The number of hydrogen-bond donors (Lipinski definition) is 1. The molecule has 0 heterocycles. The Bertz CT molecular complexity index is 554.